The van der Waals surface area contributed by atoms with E-state index in [-0.39, 0.29) is 5.91 Å². The first-order valence-corrected chi connectivity index (χ1v) is 5.65. The van der Waals surface area contributed by atoms with Crippen LogP contribution in [0.4, 0.5) is 5.69 Å². The molecule has 0 saturated heterocycles. The van der Waals surface area contributed by atoms with Crippen molar-refractivity contribution in [1.29, 1.82) is 0 Å². The van der Waals surface area contributed by atoms with E-state index in [0.29, 0.717) is 0 Å². The van der Waals surface area contributed by atoms with Crippen molar-refractivity contribution in [1.82, 2.24) is 0 Å². The van der Waals surface area contributed by atoms with Gasteiger partial charge in [-0.05, 0) is 24.5 Å². The van der Waals surface area contributed by atoms with Crippen LogP contribution in [0, 0.1) is 0 Å². The van der Waals surface area contributed by atoms with Gasteiger partial charge in [0.15, 0.2) is 0 Å². The van der Waals surface area contributed by atoms with Gasteiger partial charge in [0.1, 0.15) is 0 Å². The Morgan fingerprint density at radius 2 is 1.93 bits per heavy atom. The zero-order valence-corrected chi connectivity index (χ0v) is 9.79. The summed E-state index contributed by atoms with van der Waals surface area (Å²) in [5.41, 5.74) is 2.39. The van der Waals surface area contributed by atoms with Crippen molar-refractivity contribution in [3.63, 3.8) is 0 Å². The summed E-state index contributed by atoms with van der Waals surface area (Å²) in [6.45, 7) is 6.49. The zero-order valence-electron chi connectivity index (χ0n) is 9.79. The number of nitrogens with zero attached hydrogens (tertiary/aromatic N) is 1. The highest BCUT2D eigenvalue weighted by atomic mass is 16.2. The number of fused-ring (bicyclic) bond motifs is 1. The van der Waals surface area contributed by atoms with E-state index in [9.17, 15) is 4.79 Å². The third-order valence-electron chi connectivity index (χ3n) is 2.49. The van der Waals surface area contributed by atoms with Gasteiger partial charge in [-0.15, -0.1) is 0 Å². The minimum Gasteiger partial charge on any atom is -0.312 e. The molecule has 0 N–H and O–H groups in total. The lowest BCUT2D eigenvalue weighted by atomic mass is 10.0. The number of amides is 1. The third-order valence-corrected chi connectivity index (χ3v) is 2.49. The molecule has 0 spiro atoms. The average molecular weight is 205 g/mol. The SMILES string of the molecule is CC.CC(=O)N1CCCc2ccccc21. The van der Waals surface area contributed by atoms with Crippen LogP contribution in [-0.4, -0.2) is 12.5 Å². The fraction of sp³-hybridized carbons (Fsp3) is 0.462. The van der Waals surface area contributed by atoms with Crippen molar-refractivity contribution < 1.29 is 4.79 Å². The van der Waals surface area contributed by atoms with Gasteiger partial charge in [0.2, 0.25) is 5.91 Å². The lowest BCUT2D eigenvalue weighted by molar-refractivity contribution is -0.116. The molecule has 2 nitrogen and oxygen atoms in total. The van der Waals surface area contributed by atoms with Crippen LogP contribution >= 0.6 is 0 Å². The van der Waals surface area contributed by atoms with Crippen LogP contribution in [0.15, 0.2) is 24.3 Å². The van der Waals surface area contributed by atoms with Crippen LogP contribution in [-0.2, 0) is 11.2 Å². The number of para-hydroxylation sites is 1. The Kier molecular flexibility index (Phi) is 4.35. The fourth-order valence-corrected chi connectivity index (χ4v) is 1.86. The average Bonchev–Trinajstić information content (AvgIpc) is 2.31. The summed E-state index contributed by atoms with van der Waals surface area (Å²) in [4.78, 5) is 13.1. The van der Waals surface area contributed by atoms with Crippen molar-refractivity contribution in [2.75, 3.05) is 11.4 Å². The van der Waals surface area contributed by atoms with Crippen LogP contribution < -0.4 is 4.90 Å². The molecule has 0 aliphatic carbocycles. The number of aryl methyl sites for hydroxylation is 1. The van der Waals surface area contributed by atoms with Crippen LogP contribution in [0.2, 0.25) is 0 Å². The molecule has 0 atom stereocenters. The predicted molar refractivity (Wildman–Crippen MR) is 64.1 cm³/mol. The maximum atomic E-state index is 11.3. The molecule has 0 radical (unpaired) electrons. The molecule has 0 bridgehead atoms. The number of anilines is 1. The second-order valence-corrected chi connectivity index (χ2v) is 3.40. The molecule has 1 aromatic rings. The summed E-state index contributed by atoms with van der Waals surface area (Å²) in [7, 11) is 0. The van der Waals surface area contributed by atoms with Gasteiger partial charge >= 0.3 is 0 Å². The minimum absolute atomic E-state index is 0.146. The quantitative estimate of drug-likeness (QED) is 0.637. The molecule has 2 heteroatoms. The summed E-state index contributed by atoms with van der Waals surface area (Å²) in [6.07, 6.45) is 2.18. The van der Waals surface area contributed by atoms with Crippen LogP contribution in [0.1, 0.15) is 32.8 Å². The maximum absolute atomic E-state index is 11.3. The standard InChI is InChI=1S/C11H13NO.C2H6/c1-9(13)12-8-4-6-10-5-2-3-7-11(10)12;1-2/h2-3,5,7H,4,6,8H2,1H3;1-2H3. The molecule has 1 heterocycles. The van der Waals surface area contributed by atoms with Gasteiger partial charge in [-0.2, -0.15) is 0 Å². The minimum atomic E-state index is 0.146. The molecule has 2 rings (SSSR count). The summed E-state index contributed by atoms with van der Waals surface area (Å²) in [6, 6.07) is 8.14. The Morgan fingerprint density at radius 3 is 2.60 bits per heavy atom. The Labute approximate surface area is 91.9 Å². The molecular weight excluding hydrogens is 186 g/mol. The third kappa shape index (κ3) is 2.58. The summed E-state index contributed by atoms with van der Waals surface area (Å²) in [5, 5.41) is 0. The largest absolute Gasteiger partial charge is 0.312 e. The first-order valence-electron chi connectivity index (χ1n) is 5.65. The van der Waals surface area contributed by atoms with Crippen LogP contribution in [0.3, 0.4) is 0 Å². The van der Waals surface area contributed by atoms with E-state index in [2.05, 4.69) is 6.07 Å². The van der Waals surface area contributed by atoms with E-state index in [0.717, 1.165) is 25.1 Å². The van der Waals surface area contributed by atoms with Crippen LogP contribution in [0.5, 0.6) is 0 Å². The van der Waals surface area contributed by atoms with Gasteiger partial charge < -0.3 is 4.90 Å². The highest BCUT2D eigenvalue weighted by molar-refractivity contribution is 5.92. The summed E-state index contributed by atoms with van der Waals surface area (Å²) < 4.78 is 0. The molecule has 1 amide bonds. The van der Waals surface area contributed by atoms with E-state index in [1.807, 2.05) is 36.9 Å². The second kappa shape index (κ2) is 5.54. The Hall–Kier alpha value is -1.31. The molecule has 0 aromatic heterocycles. The molecule has 0 fully saturated rings. The number of benzene rings is 1. The van der Waals surface area contributed by atoms with E-state index in [1.165, 1.54) is 5.56 Å². The number of carbonyl (C=O) groups is 1. The molecule has 82 valence electrons. The molecule has 0 unspecified atom stereocenters. The zero-order chi connectivity index (χ0) is 11.3. The van der Waals surface area contributed by atoms with Gasteiger partial charge in [0.05, 0.1) is 0 Å². The molecule has 15 heavy (non-hydrogen) atoms. The Morgan fingerprint density at radius 1 is 1.27 bits per heavy atom. The molecular formula is C13H19NO. The lowest BCUT2D eigenvalue weighted by Crippen LogP contribution is -2.33. The number of rotatable bonds is 0. The summed E-state index contributed by atoms with van der Waals surface area (Å²) >= 11 is 0. The van der Waals surface area contributed by atoms with Crippen molar-refractivity contribution in [2.45, 2.75) is 33.6 Å². The van der Waals surface area contributed by atoms with Crippen molar-refractivity contribution in [2.24, 2.45) is 0 Å². The molecule has 1 aliphatic heterocycles. The summed E-state index contributed by atoms with van der Waals surface area (Å²) in [5.74, 6) is 0.146. The van der Waals surface area contributed by atoms with E-state index < -0.39 is 0 Å². The fourth-order valence-electron chi connectivity index (χ4n) is 1.86. The predicted octanol–water partition coefficient (Wildman–Crippen LogP) is 3.01. The first-order chi connectivity index (χ1) is 7.29. The second-order valence-electron chi connectivity index (χ2n) is 3.40. The number of hydrogen-bond acceptors (Lipinski definition) is 1. The number of carbonyl (C=O) groups excluding carboxylic acids is 1. The number of hydrogen-bond donors (Lipinski definition) is 0. The Balaban J connectivity index is 0.000000531. The Bertz CT molecular complexity index is 333. The van der Waals surface area contributed by atoms with Crippen LogP contribution in [0.25, 0.3) is 0 Å². The highest BCUT2D eigenvalue weighted by Gasteiger charge is 2.18. The lowest BCUT2D eigenvalue weighted by Gasteiger charge is -2.28. The van der Waals surface area contributed by atoms with Crippen molar-refractivity contribution in [3.8, 4) is 0 Å². The normalized spacial score (nSPS) is 13.7. The smallest absolute Gasteiger partial charge is 0.223 e. The topological polar surface area (TPSA) is 20.3 Å². The van der Waals surface area contributed by atoms with Gasteiger partial charge in [0.25, 0.3) is 0 Å². The van der Waals surface area contributed by atoms with Gasteiger partial charge in [-0.1, -0.05) is 32.0 Å². The van der Waals surface area contributed by atoms with Gasteiger partial charge in [-0.3, -0.25) is 4.79 Å². The van der Waals surface area contributed by atoms with E-state index in [4.69, 9.17) is 0 Å². The monoisotopic (exact) mass is 205 g/mol. The van der Waals surface area contributed by atoms with Crippen molar-refractivity contribution in [3.05, 3.63) is 29.8 Å². The van der Waals surface area contributed by atoms with E-state index >= 15 is 0 Å². The van der Waals surface area contributed by atoms with Gasteiger partial charge in [0, 0.05) is 19.2 Å². The maximum Gasteiger partial charge on any atom is 0.223 e. The first kappa shape index (κ1) is 11.8. The highest BCUT2D eigenvalue weighted by Crippen LogP contribution is 2.26. The molecule has 0 saturated carbocycles. The molecule has 1 aromatic carbocycles. The van der Waals surface area contributed by atoms with Gasteiger partial charge in [-0.25, -0.2) is 0 Å². The van der Waals surface area contributed by atoms with E-state index in [1.54, 1.807) is 6.92 Å². The molecule has 1 aliphatic rings. The van der Waals surface area contributed by atoms with Crippen molar-refractivity contribution >= 4 is 11.6 Å².